The number of carboxylic acids is 1. The number of rotatable bonds is 3. The third kappa shape index (κ3) is 2.09. The lowest BCUT2D eigenvalue weighted by atomic mass is 9.51. The van der Waals surface area contributed by atoms with Crippen LogP contribution in [0.2, 0.25) is 5.28 Å². The van der Waals surface area contributed by atoms with Crippen molar-refractivity contribution >= 4 is 28.6 Å². The monoisotopic (exact) mass is 333 g/mol. The van der Waals surface area contributed by atoms with Gasteiger partial charge >= 0.3 is 5.97 Å². The number of hydrogen-bond donors (Lipinski definition) is 1. The van der Waals surface area contributed by atoms with Crippen molar-refractivity contribution < 1.29 is 9.90 Å². The van der Waals surface area contributed by atoms with E-state index in [-0.39, 0.29) is 22.7 Å². The molecule has 1 N–H and O–H groups in total. The molecule has 0 saturated heterocycles. The van der Waals surface area contributed by atoms with Gasteiger partial charge in [0, 0.05) is 17.8 Å². The number of aromatic nitrogens is 3. The second-order valence-electron chi connectivity index (χ2n) is 7.00. The summed E-state index contributed by atoms with van der Waals surface area (Å²) < 4.78 is 2.05. The molecule has 3 aliphatic rings. The number of halogens is 1. The van der Waals surface area contributed by atoms with Crippen molar-refractivity contribution in [2.45, 2.75) is 45.1 Å². The number of carbonyl (C=O) groups is 1. The summed E-state index contributed by atoms with van der Waals surface area (Å²) in [6.07, 6.45) is 8.82. The number of fused-ring (bicyclic) bond motifs is 4. The van der Waals surface area contributed by atoms with E-state index in [1.807, 2.05) is 12.3 Å². The summed E-state index contributed by atoms with van der Waals surface area (Å²) in [4.78, 5) is 20.5. The largest absolute Gasteiger partial charge is 0.481 e. The van der Waals surface area contributed by atoms with Gasteiger partial charge in [-0.05, 0) is 61.1 Å². The third-order valence-electron chi connectivity index (χ3n) is 6.23. The first kappa shape index (κ1) is 14.9. The molecular formula is C17H20ClN3O2. The van der Waals surface area contributed by atoms with Crippen molar-refractivity contribution in [2.24, 2.45) is 17.3 Å². The summed E-state index contributed by atoms with van der Waals surface area (Å²) in [5.41, 5.74) is 0.665. The third-order valence-corrected chi connectivity index (χ3v) is 6.41. The average Bonchev–Trinajstić information content (AvgIpc) is 2.97. The second-order valence-corrected chi connectivity index (χ2v) is 7.34. The Hall–Kier alpha value is -1.62. The molecule has 122 valence electrons. The predicted octanol–water partition coefficient (Wildman–Crippen LogP) is 3.93. The molecule has 6 heteroatoms. The molecule has 0 amide bonds. The molecule has 5 rings (SSSR count). The molecule has 2 heterocycles. The highest BCUT2D eigenvalue weighted by molar-refractivity contribution is 6.28. The molecule has 23 heavy (non-hydrogen) atoms. The molecule has 0 unspecified atom stereocenters. The molecule has 3 fully saturated rings. The van der Waals surface area contributed by atoms with E-state index < -0.39 is 5.97 Å². The van der Waals surface area contributed by atoms with E-state index in [1.54, 1.807) is 6.20 Å². The normalized spacial score (nSPS) is 33.2. The lowest BCUT2D eigenvalue weighted by molar-refractivity contribution is -0.160. The van der Waals surface area contributed by atoms with Crippen molar-refractivity contribution in [1.29, 1.82) is 0 Å². The summed E-state index contributed by atoms with van der Waals surface area (Å²) in [5.74, 6) is -0.638. The molecular weight excluding hydrogens is 314 g/mol. The maximum Gasteiger partial charge on any atom is 0.309 e. The fourth-order valence-corrected chi connectivity index (χ4v) is 5.16. The van der Waals surface area contributed by atoms with Crippen LogP contribution in [0, 0.1) is 17.3 Å². The van der Waals surface area contributed by atoms with Crippen LogP contribution < -0.4 is 0 Å². The van der Waals surface area contributed by atoms with Crippen molar-refractivity contribution in [2.75, 3.05) is 0 Å². The zero-order valence-electron chi connectivity index (χ0n) is 13.1. The van der Waals surface area contributed by atoms with Gasteiger partial charge in [0.05, 0.1) is 12.0 Å². The quantitative estimate of drug-likeness (QED) is 0.864. The Balaban J connectivity index is 1.88. The molecule has 2 aromatic rings. The zero-order valence-corrected chi connectivity index (χ0v) is 13.8. The van der Waals surface area contributed by atoms with Crippen LogP contribution >= 0.6 is 11.6 Å². The number of aliphatic carboxylic acids is 1. The average molecular weight is 334 g/mol. The van der Waals surface area contributed by atoms with Crippen molar-refractivity contribution in [3.05, 3.63) is 23.7 Å². The fraction of sp³-hybridized carbons (Fsp3) is 0.588. The Kier molecular flexibility index (Phi) is 3.38. The van der Waals surface area contributed by atoms with Crippen LogP contribution in [0.1, 0.15) is 45.1 Å². The highest BCUT2D eigenvalue weighted by atomic mass is 35.5. The summed E-state index contributed by atoms with van der Waals surface area (Å²) in [6.45, 7) is 2.13. The first-order chi connectivity index (χ1) is 11.1. The van der Waals surface area contributed by atoms with Gasteiger partial charge in [0.1, 0.15) is 5.65 Å². The molecule has 2 bridgehead atoms. The maximum atomic E-state index is 12.1. The van der Waals surface area contributed by atoms with Crippen LogP contribution in [0.3, 0.4) is 0 Å². The molecule has 0 spiro atoms. The topological polar surface area (TPSA) is 68.0 Å². The van der Waals surface area contributed by atoms with Crippen LogP contribution in [-0.4, -0.2) is 25.6 Å². The fourth-order valence-electron chi connectivity index (χ4n) is 5.03. The van der Waals surface area contributed by atoms with Gasteiger partial charge in [-0.25, -0.2) is 4.98 Å². The highest BCUT2D eigenvalue weighted by Crippen LogP contribution is 2.60. The highest BCUT2D eigenvalue weighted by Gasteiger charge is 2.56. The second kappa shape index (κ2) is 5.20. The van der Waals surface area contributed by atoms with Crippen molar-refractivity contribution in [1.82, 2.24) is 14.5 Å². The maximum absolute atomic E-state index is 12.1. The lowest BCUT2D eigenvalue weighted by Crippen LogP contribution is -2.52. The summed E-state index contributed by atoms with van der Waals surface area (Å²) in [5, 5.41) is 11.1. The smallest absolute Gasteiger partial charge is 0.309 e. The van der Waals surface area contributed by atoms with E-state index >= 15 is 0 Å². The SMILES string of the molecule is CCC12CCC(CC1)[C@H](n1ccc3cnc(Cl)nc31)[C@H]2C(=O)O. The Bertz CT molecular complexity index is 764. The van der Waals surface area contributed by atoms with Gasteiger partial charge in [0.25, 0.3) is 0 Å². The van der Waals surface area contributed by atoms with Crippen molar-refractivity contribution in [3.63, 3.8) is 0 Å². The minimum absolute atomic E-state index is 0.0431. The van der Waals surface area contributed by atoms with Crippen molar-refractivity contribution in [3.8, 4) is 0 Å². The van der Waals surface area contributed by atoms with Crippen LogP contribution in [-0.2, 0) is 4.79 Å². The Labute approximate surface area is 139 Å². The molecule has 2 atom stereocenters. The number of hydrogen-bond acceptors (Lipinski definition) is 3. The number of carboxylic acid groups (broad SMARTS) is 1. The first-order valence-corrected chi connectivity index (χ1v) is 8.65. The number of nitrogens with zero attached hydrogens (tertiary/aromatic N) is 3. The van der Waals surface area contributed by atoms with Gasteiger partial charge in [0.15, 0.2) is 0 Å². The van der Waals surface area contributed by atoms with Crippen LogP contribution in [0.4, 0.5) is 0 Å². The summed E-state index contributed by atoms with van der Waals surface area (Å²) in [7, 11) is 0. The lowest BCUT2D eigenvalue weighted by Gasteiger charge is -2.55. The minimum Gasteiger partial charge on any atom is -0.481 e. The van der Waals surface area contributed by atoms with Crippen LogP contribution in [0.25, 0.3) is 11.0 Å². The zero-order chi connectivity index (χ0) is 16.2. The van der Waals surface area contributed by atoms with E-state index in [9.17, 15) is 9.90 Å². The Morgan fingerprint density at radius 2 is 2.22 bits per heavy atom. The van der Waals surface area contributed by atoms with Crippen LogP contribution in [0.15, 0.2) is 18.5 Å². The van der Waals surface area contributed by atoms with Gasteiger partial charge in [-0.3, -0.25) is 4.79 Å². The molecule has 0 aromatic carbocycles. The van der Waals surface area contributed by atoms with Gasteiger partial charge in [-0.2, -0.15) is 4.98 Å². The molecule has 3 saturated carbocycles. The first-order valence-electron chi connectivity index (χ1n) is 8.27. The molecule has 3 aliphatic carbocycles. The van der Waals surface area contributed by atoms with E-state index in [0.29, 0.717) is 5.92 Å². The molecule has 2 aromatic heterocycles. The summed E-state index contributed by atoms with van der Waals surface area (Å²) in [6, 6.07) is 1.91. The van der Waals surface area contributed by atoms with E-state index in [4.69, 9.17) is 11.6 Å². The van der Waals surface area contributed by atoms with E-state index in [2.05, 4.69) is 21.5 Å². The van der Waals surface area contributed by atoms with Gasteiger partial charge in [-0.15, -0.1) is 0 Å². The van der Waals surface area contributed by atoms with Crippen LogP contribution in [0.5, 0.6) is 0 Å². The van der Waals surface area contributed by atoms with Gasteiger partial charge in [0.2, 0.25) is 5.28 Å². The molecule has 0 aliphatic heterocycles. The van der Waals surface area contributed by atoms with Gasteiger partial charge in [-0.1, -0.05) is 6.92 Å². The van der Waals surface area contributed by atoms with Gasteiger partial charge < -0.3 is 9.67 Å². The Morgan fingerprint density at radius 3 is 2.87 bits per heavy atom. The molecule has 5 nitrogen and oxygen atoms in total. The minimum atomic E-state index is -0.678. The summed E-state index contributed by atoms with van der Waals surface area (Å²) >= 11 is 5.97. The Morgan fingerprint density at radius 1 is 1.48 bits per heavy atom. The standard InChI is InChI=1S/C17H20ClN3O2/c1-2-17-6-3-10(4-7-17)13(12(17)15(22)23)21-8-5-11-9-19-16(18)20-14(11)21/h5,8-10,12-13H,2-4,6-7H2,1H3,(H,22,23)/t10?,12-,13-,17?/m0/s1. The predicted molar refractivity (Wildman–Crippen MR) is 87.4 cm³/mol. The van der Waals surface area contributed by atoms with E-state index in [1.165, 1.54) is 0 Å². The molecule has 0 radical (unpaired) electrons. The van der Waals surface area contributed by atoms with E-state index in [0.717, 1.165) is 43.1 Å².